The molecule has 0 radical (unpaired) electrons. The molecular weight excluding hydrogens is 216 g/mol. The molecule has 2 aliphatic carbocycles. The Morgan fingerprint density at radius 2 is 0.833 bits per heavy atom. The van der Waals surface area contributed by atoms with Crippen molar-refractivity contribution in [2.75, 3.05) is 0 Å². The molecule has 2 rings (SSSR count). The zero-order valence-corrected chi connectivity index (χ0v) is 12.8. The van der Waals surface area contributed by atoms with Crippen LogP contribution in [0.2, 0.25) is 0 Å². The van der Waals surface area contributed by atoms with Gasteiger partial charge in [0.1, 0.15) is 0 Å². The smallest absolute Gasteiger partial charge is 0.0388 e. The van der Waals surface area contributed by atoms with Crippen LogP contribution in [-0.2, 0) is 0 Å². The fourth-order valence-electron chi connectivity index (χ4n) is 4.37. The molecule has 0 amide bonds. The second kappa shape index (κ2) is 7.56. The third-order valence-electron chi connectivity index (χ3n) is 5.99. The van der Waals surface area contributed by atoms with Crippen molar-refractivity contribution in [1.82, 2.24) is 0 Å². The first-order valence-electron chi connectivity index (χ1n) is 8.77. The summed E-state index contributed by atoms with van der Waals surface area (Å²) in [5, 5.41) is 0. The molecule has 0 aliphatic heterocycles. The standard InChI is InChI=1S/C18H34/c1-15-11-12-16(2)18-10-8-6-4-3-5-7-9-17(15)13-14-18/h15-18H,3-14H2,1-2H3/t15-,16+,17+,18-. The van der Waals surface area contributed by atoms with E-state index >= 15 is 0 Å². The van der Waals surface area contributed by atoms with Gasteiger partial charge in [0, 0.05) is 0 Å². The Hall–Kier alpha value is 0. The molecule has 2 saturated carbocycles. The quantitative estimate of drug-likeness (QED) is 0.480. The average Bonchev–Trinajstić information content (AvgIpc) is 2.35. The first-order chi connectivity index (χ1) is 8.77. The van der Waals surface area contributed by atoms with Gasteiger partial charge in [-0.15, -0.1) is 0 Å². The van der Waals surface area contributed by atoms with Crippen LogP contribution < -0.4 is 0 Å². The van der Waals surface area contributed by atoms with Gasteiger partial charge in [0.25, 0.3) is 0 Å². The normalized spacial score (nSPS) is 40.3. The van der Waals surface area contributed by atoms with Crippen LogP contribution in [0.1, 0.15) is 90.9 Å². The molecule has 0 saturated heterocycles. The van der Waals surface area contributed by atoms with E-state index in [1.165, 1.54) is 77.0 Å². The van der Waals surface area contributed by atoms with Gasteiger partial charge in [-0.1, -0.05) is 78.1 Å². The molecule has 0 unspecified atom stereocenters. The van der Waals surface area contributed by atoms with E-state index in [0.717, 1.165) is 23.7 Å². The molecule has 0 heteroatoms. The fraction of sp³-hybridized carbons (Fsp3) is 1.00. The molecule has 0 aromatic carbocycles. The lowest BCUT2D eigenvalue weighted by molar-refractivity contribution is 0.176. The number of rotatable bonds is 0. The molecule has 0 aromatic heterocycles. The van der Waals surface area contributed by atoms with Gasteiger partial charge in [-0.25, -0.2) is 0 Å². The lowest BCUT2D eigenvalue weighted by Crippen LogP contribution is -2.22. The van der Waals surface area contributed by atoms with E-state index in [0.29, 0.717) is 0 Å². The van der Waals surface area contributed by atoms with Crippen LogP contribution in [0.4, 0.5) is 0 Å². The fourth-order valence-corrected chi connectivity index (χ4v) is 4.37. The highest BCUT2D eigenvalue weighted by molar-refractivity contribution is 4.77. The molecule has 0 spiro atoms. The van der Waals surface area contributed by atoms with E-state index in [2.05, 4.69) is 13.8 Å². The monoisotopic (exact) mass is 250 g/mol. The first kappa shape index (κ1) is 14.4. The maximum atomic E-state index is 2.53. The Balaban J connectivity index is 1.96. The molecular formula is C18H34. The maximum Gasteiger partial charge on any atom is -0.0388 e. The zero-order chi connectivity index (χ0) is 12.8. The Bertz CT molecular complexity index is 196. The molecule has 0 heterocycles. The van der Waals surface area contributed by atoms with Crippen LogP contribution in [-0.4, -0.2) is 0 Å². The topological polar surface area (TPSA) is 0 Å². The molecule has 0 nitrogen and oxygen atoms in total. The maximum absolute atomic E-state index is 2.53. The molecule has 0 aromatic rings. The Morgan fingerprint density at radius 3 is 1.28 bits per heavy atom. The van der Waals surface area contributed by atoms with E-state index in [4.69, 9.17) is 0 Å². The van der Waals surface area contributed by atoms with E-state index in [9.17, 15) is 0 Å². The van der Waals surface area contributed by atoms with Crippen molar-refractivity contribution in [3.8, 4) is 0 Å². The minimum atomic E-state index is 0.997. The van der Waals surface area contributed by atoms with E-state index < -0.39 is 0 Å². The molecule has 4 atom stereocenters. The van der Waals surface area contributed by atoms with Crippen molar-refractivity contribution in [3.63, 3.8) is 0 Å². The van der Waals surface area contributed by atoms with Crippen molar-refractivity contribution in [2.45, 2.75) is 90.9 Å². The van der Waals surface area contributed by atoms with Crippen molar-refractivity contribution < 1.29 is 0 Å². The Kier molecular flexibility index (Phi) is 6.05. The predicted molar refractivity (Wildman–Crippen MR) is 80.7 cm³/mol. The van der Waals surface area contributed by atoms with E-state index in [1.54, 1.807) is 0 Å². The second-order valence-corrected chi connectivity index (χ2v) is 7.33. The average molecular weight is 250 g/mol. The van der Waals surface area contributed by atoms with E-state index in [-0.39, 0.29) is 0 Å². The Labute approximate surface area is 115 Å². The van der Waals surface area contributed by atoms with E-state index in [1.807, 2.05) is 0 Å². The predicted octanol–water partition coefficient (Wildman–Crippen LogP) is 6.20. The van der Waals surface area contributed by atoms with Gasteiger partial charge in [-0.2, -0.15) is 0 Å². The highest BCUT2D eigenvalue weighted by Crippen LogP contribution is 2.38. The lowest BCUT2D eigenvalue weighted by Gasteiger charge is -2.34. The highest BCUT2D eigenvalue weighted by atomic mass is 14.3. The summed E-state index contributed by atoms with van der Waals surface area (Å²) in [6.45, 7) is 5.06. The number of hydrogen-bond acceptors (Lipinski definition) is 0. The molecule has 2 aliphatic rings. The SMILES string of the molecule is C[C@@H]1CC[C@H](C)[C@@H]2CCCCCCCC[C@H]1CC2. The summed E-state index contributed by atoms with van der Waals surface area (Å²) in [7, 11) is 0. The summed E-state index contributed by atoms with van der Waals surface area (Å²) in [4.78, 5) is 0. The lowest BCUT2D eigenvalue weighted by atomic mass is 9.72. The molecule has 0 N–H and O–H groups in total. The summed E-state index contributed by atoms with van der Waals surface area (Å²) in [5.74, 6) is 4.10. The van der Waals surface area contributed by atoms with Crippen LogP contribution in [0.3, 0.4) is 0 Å². The largest absolute Gasteiger partial charge is 0.0622 e. The third-order valence-corrected chi connectivity index (χ3v) is 5.99. The summed E-state index contributed by atoms with van der Waals surface area (Å²) < 4.78 is 0. The van der Waals surface area contributed by atoms with Crippen molar-refractivity contribution in [2.24, 2.45) is 23.7 Å². The molecule has 106 valence electrons. The third kappa shape index (κ3) is 4.28. The summed E-state index contributed by atoms with van der Waals surface area (Å²) >= 11 is 0. The molecule has 2 fully saturated rings. The van der Waals surface area contributed by atoms with Gasteiger partial charge < -0.3 is 0 Å². The zero-order valence-electron chi connectivity index (χ0n) is 12.8. The van der Waals surface area contributed by atoms with Crippen LogP contribution in [0.25, 0.3) is 0 Å². The van der Waals surface area contributed by atoms with Gasteiger partial charge in [0.05, 0.1) is 0 Å². The van der Waals surface area contributed by atoms with Crippen LogP contribution in [0.15, 0.2) is 0 Å². The van der Waals surface area contributed by atoms with Gasteiger partial charge in [0.15, 0.2) is 0 Å². The second-order valence-electron chi connectivity index (χ2n) is 7.33. The van der Waals surface area contributed by atoms with Gasteiger partial charge in [-0.05, 0) is 36.5 Å². The van der Waals surface area contributed by atoms with Gasteiger partial charge >= 0.3 is 0 Å². The number of fused-ring (bicyclic) bond motifs is 3. The Morgan fingerprint density at radius 1 is 0.444 bits per heavy atom. The summed E-state index contributed by atoms with van der Waals surface area (Å²) in [6, 6.07) is 0. The number of hydrogen-bond donors (Lipinski definition) is 0. The summed E-state index contributed by atoms with van der Waals surface area (Å²) in [5.41, 5.74) is 0. The first-order valence-corrected chi connectivity index (χ1v) is 8.77. The van der Waals surface area contributed by atoms with Crippen molar-refractivity contribution in [3.05, 3.63) is 0 Å². The van der Waals surface area contributed by atoms with Crippen molar-refractivity contribution >= 4 is 0 Å². The van der Waals surface area contributed by atoms with Crippen LogP contribution in [0, 0.1) is 23.7 Å². The summed E-state index contributed by atoms with van der Waals surface area (Å²) in [6.07, 6.45) is 18.2. The van der Waals surface area contributed by atoms with Crippen molar-refractivity contribution in [1.29, 1.82) is 0 Å². The van der Waals surface area contributed by atoms with Gasteiger partial charge in [0.2, 0.25) is 0 Å². The highest BCUT2D eigenvalue weighted by Gasteiger charge is 2.26. The molecule has 2 bridgehead atoms. The van der Waals surface area contributed by atoms with Crippen LogP contribution in [0.5, 0.6) is 0 Å². The van der Waals surface area contributed by atoms with Crippen LogP contribution >= 0.6 is 0 Å². The minimum Gasteiger partial charge on any atom is -0.0622 e. The molecule has 18 heavy (non-hydrogen) atoms. The minimum absolute atomic E-state index is 0.997. The van der Waals surface area contributed by atoms with Gasteiger partial charge in [-0.3, -0.25) is 0 Å².